The average Bonchev–Trinajstić information content (AvgIpc) is 2.28. The molecule has 1 aromatic heterocycles. The number of rotatable bonds is 3. The van der Waals surface area contributed by atoms with Crippen LogP contribution in [0, 0.1) is 6.92 Å². The summed E-state index contributed by atoms with van der Waals surface area (Å²) in [4.78, 5) is 8.70. The molecule has 4 heteroatoms. The van der Waals surface area contributed by atoms with Crippen LogP contribution in [0.25, 0.3) is 0 Å². The highest BCUT2D eigenvalue weighted by Crippen LogP contribution is 2.18. The predicted molar refractivity (Wildman–Crippen MR) is 73.6 cm³/mol. The molecular weight excluding hydrogens is 278 g/mol. The molecule has 1 heterocycles. The van der Waals surface area contributed by atoms with Crippen LogP contribution in [0.4, 0.5) is 11.5 Å². The Kier molecular flexibility index (Phi) is 3.74. The van der Waals surface area contributed by atoms with Gasteiger partial charge in [0.2, 0.25) is 0 Å². The third-order valence-electron chi connectivity index (χ3n) is 2.35. The van der Waals surface area contributed by atoms with Gasteiger partial charge in [0.05, 0.1) is 0 Å². The number of aromatic nitrogens is 2. The van der Waals surface area contributed by atoms with Crippen molar-refractivity contribution in [2.75, 3.05) is 5.32 Å². The molecule has 0 unspecified atom stereocenters. The zero-order valence-electron chi connectivity index (χ0n) is 9.87. The van der Waals surface area contributed by atoms with Crippen molar-refractivity contribution in [3.63, 3.8) is 0 Å². The highest BCUT2D eigenvalue weighted by atomic mass is 79.9. The minimum absolute atomic E-state index is 0.805. The maximum Gasteiger partial charge on any atom is 0.135 e. The second-order valence-electron chi connectivity index (χ2n) is 3.84. The first-order valence-corrected chi connectivity index (χ1v) is 6.34. The lowest BCUT2D eigenvalue weighted by atomic mass is 10.2. The highest BCUT2D eigenvalue weighted by molar-refractivity contribution is 9.10. The maximum atomic E-state index is 4.42. The summed E-state index contributed by atoms with van der Waals surface area (Å²) < 4.78 is 0.805. The van der Waals surface area contributed by atoms with Crippen molar-refractivity contribution in [1.29, 1.82) is 0 Å². The van der Waals surface area contributed by atoms with Gasteiger partial charge in [-0.05, 0) is 40.5 Å². The second-order valence-corrected chi connectivity index (χ2v) is 4.65. The van der Waals surface area contributed by atoms with Crippen LogP contribution in [0.15, 0.2) is 34.9 Å². The lowest BCUT2D eigenvalue weighted by Crippen LogP contribution is -1.99. The van der Waals surface area contributed by atoms with Crippen LogP contribution in [0.1, 0.15) is 18.3 Å². The molecule has 0 aliphatic rings. The van der Waals surface area contributed by atoms with Gasteiger partial charge in [-0.3, -0.25) is 0 Å². The molecule has 0 bridgehead atoms. The molecule has 3 nitrogen and oxygen atoms in total. The molecule has 0 atom stereocenters. The third kappa shape index (κ3) is 3.27. The van der Waals surface area contributed by atoms with Gasteiger partial charge in [-0.25, -0.2) is 9.97 Å². The van der Waals surface area contributed by atoms with E-state index in [1.54, 1.807) is 0 Å². The number of hydrogen-bond donors (Lipinski definition) is 1. The first kappa shape index (κ1) is 12.0. The maximum absolute atomic E-state index is 4.42. The summed E-state index contributed by atoms with van der Waals surface area (Å²) in [6, 6.07) is 10.1. The molecule has 1 aromatic carbocycles. The Labute approximate surface area is 109 Å². The topological polar surface area (TPSA) is 37.8 Å². The van der Waals surface area contributed by atoms with Crippen molar-refractivity contribution >= 4 is 27.4 Å². The van der Waals surface area contributed by atoms with E-state index >= 15 is 0 Å². The number of halogens is 1. The predicted octanol–water partition coefficient (Wildman–Crippen LogP) is 3.85. The van der Waals surface area contributed by atoms with Crippen LogP contribution >= 0.6 is 15.9 Å². The van der Waals surface area contributed by atoms with E-state index in [0.717, 1.165) is 28.4 Å². The number of nitrogens with zero attached hydrogens (tertiary/aromatic N) is 2. The quantitative estimate of drug-likeness (QED) is 0.873. The average molecular weight is 292 g/mol. The minimum atomic E-state index is 0.805. The third-order valence-corrected chi connectivity index (χ3v) is 2.75. The van der Waals surface area contributed by atoms with Gasteiger partial charge >= 0.3 is 0 Å². The van der Waals surface area contributed by atoms with E-state index in [1.807, 2.05) is 25.1 Å². The summed E-state index contributed by atoms with van der Waals surface area (Å²) in [5, 5.41) is 3.28. The van der Waals surface area contributed by atoms with Gasteiger partial charge in [-0.1, -0.05) is 19.1 Å². The molecule has 88 valence electrons. The number of benzene rings is 1. The largest absolute Gasteiger partial charge is 0.340 e. The zero-order valence-corrected chi connectivity index (χ0v) is 11.5. The lowest BCUT2D eigenvalue weighted by Gasteiger charge is -2.07. The second kappa shape index (κ2) is 5.27. The van der Waals surface area contributed by atoms with Crippen LogP contribution in [-0.2, 0) is 6.42 Å². The summed E-state index contributed by atoms with van der Waals surface area (Å²) in [6.45, 7) is 4.11. The van der Waals surface area contributed by atoms with Crippen LogP contribution in [0.5, 0.6) is 0 Å². The molecule has 1 N–H and O–H groups in total. The fourth-order valence-electron chi connectivity index (χ4n) is 1.56. The Morgan fingerprint density at radius 3 is 2.76 bits per heavy atom. The molecule has 0 aliphatic heterocycles. The van der Waals surface area contributed by atoms with Gasteiger partial charge in [0, 0.05) is 18.2 Å². The highest BCUT2D eigenvalue weighted by Gasteiger charge is 2.02. The van der Waals surface area contributed by atoms with Crippen LogP contribution in [0.3, 0.4) is 0 Å². The Morgan fingerprint density at radius 2 is 2.06 bits per heavy atom. The summed E-state index contributed by atoms with van der Waals surface area (Å²) in [5.74, 6) is 1.64. The molecule has 0 saturated carbocycles. The van der Waals surface area contributed by atoms with Crippen molar-refractivity contribution < 1.29 is 0 Å². The minimum Gasteiger partial charge on any atom is -0.340 e. The van der Waals surface area contributed by atoms with E-state index in [-0.39, 0.29) is 0 Å². The SMILES string of the molecule is CCc1nc(Br)cc(Nc2cccc(C)c2)n1. The Balaban J connectivity index is 2.26. The molecule has 2 aromatic rings. The smallest absolute Gasteiger partial charge is 0.135 e. The molecule has 2 rings (SSSR count). The number of nitrogens with one attached hydrogen (secondary N) is 1. The molecule has 0 saturated heterocycles. The molecule has 0 amide bonds. The first-order valence-electron chi connectivity index (χ1n) is 5.54. The van der Waals surface area contributed by atoms with E-state index in [4.69, 9.17) is 0 Å². The fraction of sp³-hybridized carbons (Fsp3) is 0.231. The van der Waals surface area contributed by atoms with Crippen molar-refractivity contribution in [2.24, 2.45) is 0 Å². The number of anilines is 2. The van der Waals surface area contributed by atoms with E-state index in [9.17, 15) is 0 Å². The Hall–Kier alpha value is -1.42. The monoisotopic (exact) mass is 291 g/mol. The lowest BCUT2D eigenvalue weighted by molar-refractivity contribution is 0.931. The molecule has 0 radical (unpaired) electrons. The van der Waals surface area contributed by atoms with E-state index in [0.29, 0.717) is 0 Å². The van der Waals surface area contributed by atoms with Crippen LogP contribution in [0.2, 0.25) is 0 Å². The number of hydrogen-bond acceptors (Lipinski definition) is 3. The Bertz CT molecular complexity index is 526. The fourth-order valence-corrected chi connectivity index (χ4v) is 1.98. The first-order chi connectivity index (χ1) is 8.17. The normalized spacial score (nSPS) is 10.3. The summed E-state index contributed by atoms with van der Waals surface area (Å²) in [6.07, 6.45) is 0.821. The van der Waals surface area contributed by atoms with Crippen LogP contribution in [-0.4, -0.2) is 9.97 Å². The van der Waals surface area contributed by atoms with Gasteiger partial charge in [0.25, 0.3) is 0 Å². The Morgan fingerprint density at radius 1 is 1.24 bits per heavy atom. The van der Waals surface area contributed by atoms with Crippen molar-refractivity contribution in [3.05, 3.63) is 46.3 Å². The van der Waals surface area contributed by atoms with Gasteiger partial charge in [0.1, 0.15) is 16.2 Å². The summed E-state index contributed by atoms with van der Waals surface area (Å²) in [5.41, 5.74) is 2.26. The van der Waals surface area contributed by atoms with E-state index in [1.165, 1.54) is 5.56 Å². The van der Waals surface area contributed by atoms with Crippen molar-refractivity contribution in [1.82, 2.24) is 9.97 Å². The summed E-state index contributed by atoms with van der Waals surface area (Å²) in [7, 11) is 0. The van der Waals surface area contributed by atoms with Gasteiger partial charge in [-0.2, -0.15) is 0 Å². The van der Waals surface area contributed by atoms with Crippen molar-refractivity contribution in [3.8, 4) is 0 Å². The van der Waals surface area contributed by atoms with Gasteiger partial charge in [0.15, 0.2) is 0 Å². The molecular formula is C13H14BrN3. The standard InChI is InChI=1S/C13H14BrN3/c1-3-12-16-11(14)8-13(17-12)15-10-6-4-5-9(2)7-10/h4-8H,3H2,1-2H3,(H,15,16,17). The summed E-state index contributed by atoms with van der Waals surface area (Å²) >= 11 is 3.39. The van der Waals surface area contributed by atoms with E-state index in [2.05, 4.69) is 50.3 Å². The number of aryl methyl sites for hydroxylation is 2. The molecule has 0 aliphatic carbocycles. The van der Waals surface area contributed by atoms with Gasteiger partial charge < -0.3 is 5.32 Å². The molecule has 0 spiro atoms. The van der Waals surface area contributed by atoms with Crippen LogP contribution < -0.4 is 5.32 Å². The van der Waals surface area contributed by atoms with Gasteiger partial charge in [-0.15, -0.1) is 0 Å². The molecule has 0 fully saturated rings. The zero-order chi connectivity index (χ0) is 12.3. The molecule has 17 heavy (non-hydrogen) atoms. The van der Waals surface area contributed by atoms with E-state index < -0.39 is 0 Å². The van der Waals surface area contributed by atoms with Crippen molar-refractivity contribution in [2.45, 2.75) is 20.3 Å².